The molecule has 3 rings (SSSR count). The van der Waals surface area contributed by atoms with E-state index in [1.165, 1.54) is 0 Å². The van der Waals surface area contributed by atoms with Crippen molar-refractivity contribution < 1.29 is 9.84 Å². The molecule has 0 saturated heterocycles. The molecule has 9 heteroatoms. The van der Waals surface area contributed by atoms with E-state index in [-0.39, 0.29) is 11.5 Å². The van der Waals surface area contributed by atoms with Crippen molar-refractivity contribution in [3.05, 3.63) is 63.7 Å². The molecule has 24 heavy (non-hydrogen) atoms. The average Bonchev–Trinajstić information content (AvgIpc) is 3.04. The zero-order valence-electron chi connectivity index (χ0n) is 12.1. The zero-order chi connectivity index (χ0) is 16.9. The Morgan fingerprint density at radius 3 is 2.46 bits per heavy atom. The van der Waals surface area contributed by atoms with Crippen molar-refractivity contribution >= 4 is 50.6 Å². The number of amidine groups is 1. The summed E-state index contributed by atoms with van der Waals surface area (Å²) in [6.45, 7) is 0. The fourth-order valence-corrected chi connectivity index (χ4v) is 2.26. The van der Waals surface area contributed by atoms with Gasteiger partial charge in [-0.1, -0.05) is 27.5 Å². The maximum atomic E-state index is 9.40. The first-order chi connectivity index (χ1) is 11.7. The van der Waals surface area contributed by atoms with E-state index in [4.69, 9.17) is 16.2 Å². The summed E-state index contributed by atoms with van der Waals surface area (Å²) in [6, 6.07) is 14.2. The van der Waals surface area contributed by atoms with Crippen LogP contribution in [0.4, 0.5) is 17.2 Å². The number of hydrogen-bond donors (Lipinski definition) is 3. The largest absolute Gasteiger partial charge is 0.335 e. The van der Waals surface area contributed by atoms with E-state index in [0.29, 0.717) is 16.5 Å². The molecule has 7 nitrogen and oxygen atoms in total. The van der Waals surface area contributed by atoms with E-state index < -0.39 is 0 Å². The van der Waals surface area contributed by atoms with Gasteiger partial charge in [0.15, 0.2) is 11.5 Å². The van der Waals surface area contributed by atoms with Gasteiger partial charge in [-0.25, -0.2) is 9.62 Å². The van der Waals surface area contributed by atoms with Crippen LogP contribution in [0.1, 0.15) is 5.69 Å². The van der Waals surface area contributed by atoms with Crippen molar-refractivity contribution in [2.75, 3.05) is 5.32 Å². The first kappa shape index (κ1) is 16.4. The minimum atomic E-state index is 0.0926. The van der Waals surface area contributed by atoms with Gasteiger partial charge in [0.1, 0.15) is 0 Å². The Labute approximate surface area is 150 Å². The highest BCUT2D eigenvalue weighted by Crippen LogP contribution is 2.22. The third kappa shape index (κ3) is 3.91. The molecule has 0 saturated carbocycles. The summed E-state index contributed by atoms with van der Waals surface area (Å²) in [6.07, 6.45) is 0. The number of nitrogens with zero attached hydrogens (tertiary/aromatic N) is 3. The van der Waals surface area contributed by atoms with Crippen LogP contribution in [0.5, 0.6) is 0 Å². The van der Waals surface area contributed by atoms with Crippen molar-refractivity contribution in [2.45, 2.75) is 0 Å². The molecule has 0 radical (unpaired) electrons. The molecule has 0 aliphatic rings. The van der Waals surface area contributed by atoms with Crippen LogP contribution in [0.2, 0.25) is 5.02 Å². The van der Waals surface area contributed by atoms with Crippen molar-refractivity contribution in [3.63, 3.8) is 0 Å². The van der Waals surface area contributed by atoms with Crippen LogP contribution in [0.15, 0.2) is 62.6 Å². The first-order valence-corrected chi connectivity index (χ1v) is 7.92. The van der Waals surface area contributed by atoms with Crippen LogP contribution in [-0.2, 0) is 0 Å². The van der Waals surface area contributed by atoms with Gasteiger partial charge in [-0.2, -0.15) is 0 Å². The summed E-state index contributed by atoms with van der Waals surface area (Å²) in [7, 11) is 0. The van der Waals surface area contributed by atoms with Gasteiger partial charge in [0.2, 0.25) is 5.82 Å². The van der Waals surface area contributed by atoms with E-state index in [9.17, 15) is 5.21 Å². The number of anilines is 2. The molecule has 0 atom stereocenters. The summed E-state index contributed by atoms with van der Waals surface area (Å²) in [5.74, 6) is 0.393. The minimum absolute atomic E-state index is 0.0926. The predicted octanol–water partition coefficient (Wildman–Crippen LogP) is 4.29. The quantitative estimate of drug-likeness (QED) is 0.339. The lowest BCUT2D eigenvalue weighted by Crippen LogP contribution is -2.21. The van der Waals surface area contributed by atoms with Gasteiger partial charge in [0.25, 0.3) is 0 Å². The van der Waals surface area contributed by atoms with Crippen LogP contribution < -0.4 is 10.8 Å². The maximum absolute atomic E-state index is 9.40. The van der Waals surface area contributed by atoms with E-state index in [1.807, 2.05) is 17.6 Å². The molecule has 0 aliphatic heterocycles. The third-order valence-electron chi connectivity index (χ3n) is 2.99. The molecule has 2 aromatic carbocycles. The molecule has 0 fully saturated rings. The van der Waals surface area contributed by atoms with Gasteiger partial charge in [-0.3, -0.25) is 10.7 Å². The number of aliphatic imine (C=N–C) groups is 1. The number of benzene rings is 2. The Morgan fingerprint density at radius 2 is 1.79 bits per heavy atom. The summed E-state index contributed by atoms with van der Waals surface area (Å²) in [4.78, 5) is 4.29. The highest BCUT2D eigenvalue weighted by molar-refractivity contribution is 9.10. The Bertz CT molecular complexity index is 849. The summed E-state index contributed by atoms with van der Waals surface area (Å²) in [5, 5.41) is 20.6. The van der Waals surface area contributed by atoms with Gasteiger partial charge in [0, 0.05) is 15.2 Å². The van der Waals surface area contributed by atoms with Crippen molar-refractivity contribution in [1.29, 1.82) is 0 Å². The fraction of sp³-hybridized carbons (Fsp3) is 0. The van der Waals surface area contributed by atoms with Crippen molar-refractivity contribution in [2.24, 2.45) is 4.99 Å². The molecule has 3 aromatic rings. The summed E-state index contributed by atoms with van der Waals surface area (Å²) >= 11 is 9.21. The van der Waals surface area contributed by atoms with E-state index in [2.05, 4.69) is 36.6 Å². The van der Waals surface area contributed by atoms with Crippen LogP contribution in [0.25, 0.3) is 0 Å². The van der Waals surface area contributed by atoms with E-state index in [1.54, 1.807) is 36.4 Å². The SMILES string of the molecule is ONC(=Nc1ccc(Br)cc1)c1nonc1Nc1ccc(Cl)cc1. The average molecular weight is 409 g/mol. The number of nitrogens with one attached hydrogen (secondary N) is 2. The first-order valence-electron chi connectivity index (χ1n) is 6.75. The lowest BCUT2D eigenvalue weighted by Gasteiger charge is -2.05. The third-order valence-corrected chi connectivity index (χ3v) is 3.77. The molecular formula is C15H11BrClN5O2. The molecule has 0 bridgehead atoms. The number of aromatic nitrogens is 2. The topological polar surface area (TPSA) is 95.6 Å². The number of hydroxylamine groups is 1. The molecule has 0 unspecified atom stereocenters. The lowest BCUT2D eigenvalue weighted by atomic mass is 10.3. The predicted molar refractivity (Wildman–Crippen MR) is 94.3 cm³/mol. The highest BCUT2D eigenvalue weighted by atomic mass is 79.9. The smallest absolute Gasteiger partial charge is 0.206 e. The van der Waals surface area contributed by atoms with Crippen LogP contribution in [-0.4, -0.2) is 21.4 Å². The number of hydrogen-bond acceptors (Lipinski definition) is 6. The van der Waals surface area contributed by atoms with Gasteiger partial charge in [0.05, 0.1) is 5.69 Å². The van der Waals surface area contributed by atoms with Crippen LogP contribution >= 0.6 is 27.5 Å². The minimum Gasteiger partial charge on any atom is -0.335 e. The summed E-state index contributed by atoms with van der Waals surface area (Å²) < 4.78 is 5.68. The van der Waals surface area contributed by atoms with E-state index in [0.717, 1.165) is 10.2 Å². The second-order valence-electron chi connectivity index (χ2n) is 4.64. The Hall–Kier alpha value is -2.42. The Kier molecular flexibility index (Phi) is 5.09. The maximum Gasteiger partial charge on any atom is 0.206 e. The van der Waals surface area contributed by atoms with Gasteiger partial charge in [-0.05, 0) is 58.8 Å². The van der Waals surface area contributed by atoms with Crippen molar-refractivity contribution in [1.82, 2.24) is 15.8 Å². The molecule has 0 aliphatic carbocycles. The molecule has 0 amide bonds. The number of rotatable bonds is 4. The highest BCUT2D eigenvalue weighted by Gasteiger charge is 2.16. The Morgan fingerprint density at radius 1 is 1.08 bits per heavy atom. The molecular weight excluding hydrogens is 398 g/mol. The monoisotopic (exact) mass is 407 g/mol. The molecule has 1 aromatic heterocycles. The summed E-state index contributed by atoms with van der Waals surface area (Å²) in [5.41, 5.74) is 3.60. The molecule has 3 N–H and O–H groups in total. The van der Waals surface area contributed by atoms with Gasteiger partial charge >= 0.3 is 0 Å². The van der Waals surface area contributed by atoms with Crippen LogP contribution in [0, 0.1) is 0 Å². The van der Waals surface area contributed by atoms with Crippen LogP contribution in [0.3, 0.4) is 0 Å². The standard InChI is InChI=1S/C15H11BrClN5O2/c16-9-1-5-11(6-2-9)18-14(20-23)13-15(22-24-21-13)19-12-7-3-10(17)4-8-12/h1-8,23H,(H,18,20)(H,19,22). The normalized spacial score (nSPS) is 11.4. The van der Waals surface area contributed by atoms with Gasteiger partial charge in [-0.15, -0.1) is 0 Å². The second kappa shape index (κ2) is 7.43. The van der Waals surface area contributed by atoms with E-state index >= 15 is 0 Å². The second-order valence-corrected chi connectivity index (χ2v) is 5.99. The Balaban J connectivity index is 1.89. The zero-order valence-corrected chi connectivity index (χ0v) is 14.4. The molecule has 0 spiro atoms. The molecule has 122 valence electrons. The lowest BCUT2D eigenvalue weighted by molar-refractivity contribution is 0.234. The van der Waals surface area contributed by atoms with Gasteiger partial charge < -0.3 is 5.32 Å². The van der Waals surface area contributed by atoms with Crippen molar-refractivity contribution in [3.8, 4) is 0 Å². The molecule has 1 heterocycles. The fourth-order valence-electron chi connectivity index (χ4n) is 1.87. The number of halogens is 2.